The molecule has 1 aliphatic carbocycles. The Bertz CT molecular complexity index is 3410. The van der Waals surface area contributed by atoms with E-state index in [4.69, 9.17) is 19.3 Å². The lowest BCUT2D eigenvalue weighted by molar-refractivity contribution is -0.0593. The van der Waals surface area contributed by atoms with Crippen molar-refractivity contribution in [3.63, 3.8) is 0 Å². The zero-order valence-electron chi connectivity index (χ0n) is 36.6. The van der Waals surface area contributed by atoms with Crippen molar-refractivity contribution < 1.29 is 22.8 Å². The molecule has 8 aromatic rings. The van der Waals surface area contributed by atoms with Crippen molar-refractivity contribution in [1.29, 1.82) is 0 Å². The molecule has 0 radical (unpaired) electrons. The molecule has 6 aromatic heterocycles. The van der Waals surface area contributed by atoms with Gasteiger partial charge in [-0.2, -0.15) is 10.2 Å². The van der Waals surface area contributed by atoms with E-state index in [0.29, 0.717) is 88.7 Å². The Balaban J connectivity index is 1.01. The number of carbonyl (C=O) groups is 1. The summed E-state index contributed by atoms with van der Waals surface area (Å²) in [6.45, 7) is 10.2. The second-order valence-electron chi connectivity index (χ2n) is 19.0. The van der Waals surface area contributed by atoms with Crippen LogP contribution in [0.1, 0.15) is 109 Å². The lowest BCUT2D eigenvalue weighted by Gasteiger charge is -2.35. The Morgan fingerprint density at radius 1 is 1.00 bits per heavy atom. The molecule has 3 aliphatic heterocycles. The number of amides is 1. The summed E-state index contributed by atoms with van der Waals surface area (Å²) in [7, 11) is 1.72. The maximum absolute atomic E-state index is 16.2. The summed E-state index contributed by atoms with van der Waals surface area (Å²) >= 11 is 1.56. The van der Waals surface area contributed by atoms with E-state index in [1.54, 1.807) is 72.1 Å². The number of H-pyrrole nitrogens is 1. The number of imidazole rings is 1. The van der Waals surface area contributed by atoms with Crippen molar-refractivity contribution in [3.05, 3.63) is 121 Å². The van der Waals surface area contributed by atoms with Gasteiger partial charge in [0, 0.05) is 50.0 Å². The van der Waals surface area contributed by atoms with Crippen LogP contribution in [0.4, 0.5) is 8.78 Å². The summed E-state index contributed by atoms with van der Waals surface area (Å²) in [5.74, 6) is -0.928. The first-order valence-electron chi connectivity index (χ1n) is 22.0. The molecule has 0 spiro atoms. The van der Waals surface area contributed by atoms with Gasteiger partial charge in [-0.25, -0.2) is 28.0 Å². The fraction of sp³-hybridized carbons (Fsp3) is 0.413. The van der Waals surface area contributed by atoms with Gasteiger partial charge in [-0.15, -0.1) is 11.3 Å². The Kier molecular flexibility index (Phi) is 8.49. The van der Waals surface area contributed by atoms with Crippen LogP contribution in [0.25, 0.3) is 38.4 Å². The summed E-state index contributed by atoms with van der Waals surface area (Å²) in [6.07, 6.45) is 8.44. The van der Waals surface area contributed by atoms with Gasteiger partial charge in [-0.1, -0.05) is 12.1 Å². The number of fused-ring (bicyclic) bond motifs is 6. The molecular weight excluding hydrogens is 857 g/mol. The first kappa shape index (κ1) is 40.1. The number of nitrogens with zero attached hydrogens (tertiary/aromatic N) is 10. The molecular formula is C46H45F2N11O5S. The molecule has 334 valence electrons. The quantitative estimate of drug-likeness (QED) is 0.176. The minimum absolute atomic E-state index is 0.00489. The SMILES string of the molecule is Cc1cc(-n2nc3c(c2-n2ccn(-c4ccc5c(cnn5C)c4F)c2=O)[C@@H]2CC[C@H](C3)N2C(=O)c2cc3nc(C4CCOC(C)(C)C4)sc3n2C2(c3noc(=O)[nH]3)CC2C)cc(C)c1F. The molecule has 1 amide bonds. The van der Waals surface area contributed by atoms with Gasteiger partial charge in [-0.05, 0) is 107 Å². The highest BCUT2D eigenvalue weighted by molar-refractivity contribution is 7.18. The average Bonchev–Trinajstić information content (AvgIpc) is 4.04. The Labute approximate surface area is 373 Å². The van der Waals surface area contributed by atoms with Crippen LogP contribution in [-0.2, 0) is 23.7 Å². The van der Waals surface area contributed by atoms with Crippen LogP contribution in [0.2, 0.25) is 0 Å². The van der Waals surface area contributed by atoms with E-state index in [2.05, 4.69) is 36.0 Å². The van der Waals surface area contributed by atoms with Crippen LogP contribution in [0, 0.1) is 31.4 Å². The van der Waals surface area contributed by atoms with Crippen molar-refractivity contribution in [2.24, 2.45) is 13.0 Å². The number of aromatic nitrogens is 10. The number of aryl methyl sites for hydroxylation is 3. The second kappa shape index (κ2) is 13.8. The van der Waals surface area contributed by atoms with Crippen molar-refractivity contribution in [3.8, 4) is 17.2 Å². The second-order valence-corrected chi connectivity index (χ2v) is 20.0. The molecule has 2 aromatic carbocycles. The smallest absolute Gasteiger partial charge is 0.376 e. The van der Waals surface area contributed by atoms with Crippen molar-refractivity contribution >= 4 is 38.5 Å². The van der Waals surface area contributed by atoms with Gasteiger partial charge < -0.3 is 14.2 Å². The molecule has 1 N–H and O–H groups in total. The third-order valence-corrected chi connectivity index (χ3v) is 15.6. The molecule has 2 saturated heterocycles. The molecule has 2 bridgehead atoms. The van der Waals surface area contributed by atoms with Gasteiger partial charge in [0.15, 0.2) is 11.6 Å². The van der Waals surface area contributed by atoms with Crippen molar-refractivity contribution in [1.82, 2.24) is 53.3 Å². The lowest BCUT2D eigenvalue weighted by Crippen LogP contribution is -2.43. The number of nitrogens with one attached hydrogen (secondary N) is 1. The largest absolute Gasteiger partial charge is 0.438 e. The number of rotatable bonds is 7. The highest BCUT2D eigenvalue weighted by atomic mass is 32.1. The minimum atomic E-state index is -0.865. The highest BCUT2D eigenvalue weighted by Crippen LogP contribution is 2.57. The fourth-order valence-corrected chi connectivity index (χ4v) is 12.4. The fourth-order valence-electron chi connectivity index (χ4n) is 11.2. The van der Waals surface area contributed by atoms with E-state index in [-0.39, 0.29) is 46.3 Å². The normalized spacial score (nSPS) is 23.5. The number of thiazole rings is 1. The van der Waals surface area contributed by atoms with Gasteiger partial charge in [0.25, 0.3) is 5.91 Å². The molecule has 16 nitrogen and oxygen atoms in total. The maximum Gasteiger partial charge on any atom is 0.438 e. The van der Waals surface area contributed by atoms with Crippen LogP contribution in [0.3, 0.4) is 0 Å². The molecule has 3 fully saturated rings. The molecule has 12 rings (SSSR count). The third-order valence-electron chi connectivity index (χ3n) is 14.4. The molecule has 1 saturated carbocycles. The van der Waals surface area contributed by atoms with Crippen molar-refractivity contribution in [2.75, 3.05) is 6.61 Å². The van der Waals surface area contributed by atoms with E-state index in [0.717, 1.165) is 22.7 Å². The molecule has 4 aliphatic rings. The summed E-state index contributed by atoms with van der Waals surface area (Å²) in [6, 6.07) is 7.77. The first-order valence-corrected chi connectivity index (χ1v) is 22.8. The van der Waals surface area contributed by atoms with E-state index in [1.807, 2.05) is 15.5 Å². The standard InChI is InChI=1S/C46H45F2N11O5S/c1-22-15-27(16-23(2)36(22)47)59-39(56-13-12-55(44(56)62)33-10-9-31-28(37(33)48)21-49-54(31)6)35-29(52-59)17-26-7-8-32(35)57(26)40(60)34-18-30-41(65-38(50-30)25-11-14-63-45(4,5)20-25)58(34)46(19-24(46)3)42-51-43(61)64-53-42/h9-10,12-13,15-16,18,21,24-26,32H,7-8,11,14,17,19-20H2,1-6H3,(H,51,53,61)/t24?,25?,26-,32+,46?/m1/s1. The van der Waals surface area contributed by atoms with Gasteiger partial charge >= 0.3 is 11.4 Å². The summed E-state index contributed by atoms with van der Waals surface area (Å²) in [5, 5.41) is 14.8. The molecule has 9 heterocycles. The molecule has 5 atom stereocenters. The lowest BCUT2D eigenvalue weighted by atomic mass is 9.89. The monoisotopic (exact) mass is 901 g/mol. The first-order chi connectivity index (χ1) is 31.1. The summed E-state index contributed by atoms with van der Waals surface area (Å²) in [5.41, 5.74) is 2.77. The number of carbonyl (C=O) groups excluding carboxylic acids is 1. The van der Waals surface area contributed by atoms with Gasteiger partial charge in [0.1, 0.15) is 33.2 Å². The number of benzene rings is 2. The molecule has 19 heteroatoms. The van der Waals surface area contributed by atoms with Crippen molar-refractivity contribution in [2.45, 2.75) is 102 Å². The zero-order chi connectivity index (χ0) is 45.0. The molecule has 65 heavy (non-hydrogen) atoms. The van der Waals surface area contributed by atoms with Crippen LogP contribution in [0.5, 0.6) is 0 Å². The minimum Gasteiger partial charge on any atom is -0.376 e. The van der Waals surface area contributed by atoms with Crippen LogP contribution >= 0.6 is 11.3 Å². The summed E-state index contributed by atoms with van der Waals surface area (Å²) < 4.78 is 50.4. The predicted molar refractivity (Wildman–Crippen MR) is 235 cm³/mol. The van der Waals surface area contributed by atoms with E-state index < -0.39 is 28.8 Å². The Hall–Kier alpha value is -6.47. The van der Waals surface area contributed by atoms with E-state index in [9.17, 15) is 9.59 Å². The Morgan fingerprint density at radius 2 is 1.77 bits per heavy atom. The molecule has 3 unspecified atom stereocenters. The third kappa shape index (κ3) is 5.76. The maximum atomic E-state index is 16.2. The number of ether oxygens (including phenoxy) is 1. The van der Waals surface area contributed by atoms with E-state index in [1.165, 1.54) is 21.5 Å². The number of aromatic amines is 1. The van der Waals surface area contributed by atoms with Gasteiger partial charge in [-0.3, -0.25) is 28.1 Å². The van der Waals surface area contributed by atoms with Gasteiger partial charge in [0.2, 0.25) is 0 Å². The Morgan fingerprint density at radius 3 is 2.49 bits per heavy atom. The number of hydrogen-bond acceptors (Lipinski definition) is 10. The predicted octanol–water partition coefficient (Wildman–Crippen LogP) is 7.04. The van der Waals surface area contributed by atoms with E-state index >= 15 is 13.6 Å². The van der Waals surface area contributed by atoms with Crippen LogP contribution in [-0.4, -0.2) is 77.4 Å². The number of halogens is 2. The number of hydrogen-bond donors (Lipinski definition) is 1. The zero-order valence-corrected chi connectivity index (χ0v) is 37.4. The topological polar surface area (TPSA) is 169 Å². The van der Waals surface area contributed by atoms with Gasteiger partial charge in [0.05, 0.1) is 50.8 Å². The summed E-state index contributed by atoms with van der Waals surface area (Å²) in [4.78, 5) is 53.6. The average molecular weight is 902 g/mol. The van der Waals surface area contributed by atoms with Crippen LogP contribution in [0.15, 0.2) is 63.0 Å². The van der Waals surface area contributed by atoms with Crippen LogP contribution < -0.4 is 11.4 Å². The highest BCUT2D eigenvalue weighted by Gasteiger charge is 2.60.